The number of carboxylic acid groups (broad SMARTS) is 1. The molecule has 1 rings (SSSR count). The van der Waals surface area contributed by atoms with E-state index in [1.807, 2.05) is 0 Å². The molecular formula is C4H6O2Se2. The Labute approximate surface area is 58.9 Å². The second-order valence-corrected chi connectivity index (χ2v) is 9.13. The Bertz CT molecular complexity index is 98.2. The standard InChI is InChI=1S/C4H6O2Se2/c5-4(6)3-1-7-8-2-3/h3H,1-2H2,(H,5,6). The van der Waals surface area contributed by atoms with Crippen LogP contribution in [-0.4, -0.2) is 37.3 Å². The van der Waals surface area contributed by atoms with Gasteiger partial charge in [0.15, 0.2) is 0 Å². The van der Waals surface area contributed by atoms with E-state index in [0.29, 0.717) is 26.3 Å². The summed E-state index contributed by atoms with van der Waals surface area (Å²) in [5.74, 6) is -0.541. The zero-order chi connectivity index (χ0) is 5.98. The Morgan fingerprint density at radius 2 is 2.00 bits per heavy atom. The van der Waals surface area contributed by atoms with Gasteiger partial charge in [0.05, 0.1) is 0 Å². The van der Waals surface area contributed by atoms with Gasteiger partial charge in [-0.1, -0.05) is 0 Å². The van der Waals surface area contributed by atoms with Crippen LogP contribution in [0.2, 0.25) is 10.6 Å². The van der Waals surface area contributed by atoms with Crippen molar-refractivity contribution in [3.63, 3.8) is 0 Å². The van der Waals surface area contributed by atoms with E-state index in [2.05, 4.69) is 0 Å². The Morgan fingerprint density at radius 1 is 1.50 bits per heavy atom. The van der Waals surface area contributed by atoms with Crippen molar-refractivity contribution in [3.8, 4) is 0 Å². The van der Waals surface area contributed by atoms with Crippen molar-refractivity contribution in [2.75, 3.05) is 0 Å². The molecule has 0 unspecified atom stereocenters. The van der Waals surface area contributed by atoms with Gasteiger partial charge < -0.3 is 0 Å². The van der Waals surface area contributed by atoms with Gasteiger partial charge in [-0.05, 0) is 0 Å². The molecule has 0 aromatic rings. The minimum absolute atomic E-state index is 0.0370. The molecule has 8 heavy (non-hydrogen) atoms. The summed E-state index contributed by atoms with van der Waals surface area (Å²) in [5, 5.41) is 10.4. The predicted molar refractivity (Wildman–Crippen MR) is 32.2 cm³/mol. The molecule has 1 heterocycles. The summed E-state index contributed by atoms with van der Waals surface area (Å²) in [4.78, 5) is 10.2. The van der Waals surface area contributed by atoms with Crippen LogP contribution in [0, 0.1) is 5.92 Å². The van der Waals surface area contributed by atoms with Crippen LogP contribution in [0.1, 0.15) is 0 Å². The van der Waals surface area contributed by atoms with Crippen LogP contribution in [0.5, 0.6) is 0 Å². The van der Waals surface area contributed by atoms with Crippen molar-refractivity contribution >= 4 is 32.2 Å². The monoisotopic (exact) mass is 246 g/mol. The van der Waals surface area contributed by atoms with Gasteiger partial charge >= 0.3 is 58.7 Å². The zero-order valence-corrected chi connectivity index (χ0v) is 7.59. The molecule has 0 spiro atoms. The second kappa shape index (κ2) is 2.88. The van der Waals surface area contributed by atoms with Crippen LogP contribution in [0.4, 0.5) is 0 Å². The molecule has 0 aliphatic carbocycles. The van der Waals surface area contributed by atoms with Crippen LogP contribution in [-0.2, 0) is 4.79 Å². The van der Waals surface area contributed by atoms with Gasteiger partial charge in [0.1, 0.15) is 0 Å². The SMILES string of the molecule is O=C(O)C1C[Se][Se]C1. The van der Waals surface area contributed by atoms with Crippen molar-refractivity contribution in [1.29, 1.82) is 0 Å². The number of carboxylic acids is 1. The van der Waals surface area contributed by atoms with E-state index in [1.165, 1.54) is 0 Å². The first-order valence-electron chi connectivity index (χ1n) is 2.28. The van der Waals surface area contributed by atoms with Crippen molar-refractivity contribution in [2.45, 2.75) is 10.6 Å². The van der Waals surface area contributed by atoms with Crippen LogP contribution >= 0.6 is 0 Å². The molecule has 46 valence electrons. The molecule has 2 nitrogen and oxygen atoms in total. The number of hydrogen-bond acceptors (Lipinski definition) is 1. The predicted octanol–water partition coefficient (Wildman–Crippen LogP) is -0.139. The van der Waals surface area contributed by atoms with Crippen molar-refractivity contribution in [2.24, 2.45) is 5.92 Å². The topological polar surface area (TPSA) is 37.3 Å². The van der Waals surface area contributed by atoms with Crippen LogP contribution in [0.25, 0.3) is 0 Å². The molecular weight excluding hydrogens is 238 g/mol. The summed E-state index contributed by atoms with van der Waals surface area (Å²) in [5.41, 5.74) is 0. The average molecular weight is 244 g/mol. The Morgan fingerprint density at radius 3 is 2.25 bits per heavy atom. The summed E-state index contributed by atoms with van der Waals surface area (Å²) in [6, 6.07) is 0. The summed E-state index contributed by atoms with van der Waals surface area (Å²) in [6.45, 7) is 0. The van der Waals surface area contributed by atoms with Gasteiger partial charge in [0.2, 0.25) is 0 Å². The maximum atomic E-state index is 10.2. The summed E-state index contributed by atoms with van der Waals surface area (Å²) in [6.07, 6.45) is 0. The molecule has 4 heteroatoms. The van der Waals surface area contributed by atoms with Gasteiger partial charge in [-0.25, -0.2) is 0 Å². The number of aliphatic carboxylic acids is 1. The second-order valence-electron chi connectivity index (χ2n) is 1.60. The minimum atomic E-state index is -0.578. The van der Waals surface area contributed by atoms with E-state index in [-0.39, 0.29) is 5.92 Å². The molecule has 0 radical (unpaired) electrons. The number of rotatable bonds is 1. The fourth-order valence-corrected chi connectivity index (χ4v) is 9.07. The third-order valence-corrected chi connectivity index (χ3v) is 8.36. The van der Waals surface area contributed by atoms with Crippen molar-refractivity contribution < 1.29 is 9.90 Å². The first-order chi connectivity index (χ1) is 3.80. The van der Waals surface area contributed by atoms with Gasteiger partial charge in [-0.2, -0.15) is 0 Å². The third kappa shape index (κ3) is 1.49. The van der Waals surface area contributed by atoms with E-state index in [9.17, 15) is 4.79 Å². The zero-order valence-electron chi connectivity index (χ0n) is 4.16. The van der Waals surface area contributed by atoms with E-state index in [1.54, 1.807) is 0 Å². The van der Waals surface area contributed by atoms with Gasteiger partial charge in [0, 0.05) is 0 Å². The van der Waals surface area contributed by atoms with Crippen LogP contribution in [0.3, 0.4) is 0 Å². The molecule has 0 amide bonds. The summed E-state index contributed by atoms with van der Waals surface area (Å²) in [7, 11) is 0. The maximum absolute atomic E-state index is 10.2. The molecule has 0 aromatic heterocycles. The van der Waals surface area contributed by atoms with E-state index in [0.717, 1.165) is 10.6 Å². The Hall–Kier alpha value is 0.509. The fraction of sp³-hybridized carbons (Fsp3) is 0.750. The molecule has 0 saturated carbocycles. The summed E-state index contributed by atoms with van der Waals surface area (Å²) < 4.78 is 0. The van der Waals surface area contributed by atoms with Crippen molar-refractivity contribution in [3.05, 3.63) is 0 Å². The first kappa shape index (κ1) is 6.63. The number of hydrogen-bond donors (Lipinski definition) is 1. The Kier molecular flexibility index (Phi) is 2.39. The first-order valence-corrected chi connectivity index (χ1v) is 9.03. The molecule has 1 N–H and O–H groups in total. The van der Waals surface area contributed by atoms with E-state index >= 15 is 0 Å². The van der Waals surface area contributed by atoms with Crippen LogP contribution in [0.15, 0.2) is 0 Å². The molecule has 1 saturated heterocycles. The molecule has 1 fully saturated rings. The van der Waals surface area contributed by atoms with E-state index in [4.69, 9.17) is 5.11 Å². The molecule has 0 aromatic carbocycles. The quantitative estimate of drug-likeness (QED) is 0.652. The van der Waals surface area contributed by atoms with E-state index < -0.39 is 5.97 Å². The Balaban J connectivity index is 2.35. The number of carbonyl (C=O) groups is 1. The van der Waals surface area contributed by atoms with Gasteiger partial charge in [0.25, 0.3) is 0 Å². The average Bonchev–Trinajstić information content (AvgIpc) is 2.12. The van der Waals surface area contributed by atoms with Crippen LogP contribution < -0.4 is 0 Å². The summed E-state index contributed by atoms with van der Waals surface area (Å²) >= 11 is 1.41. The molecule has 1 aliphatic rings. The molecule has 0 atom stereocenters. The third-order valence-electron chi connectivity index (χ3n) is 0.971. The van der Waals surface area contributed by atoms with Crippen molar-refractivity contribution in [1.82, 2.24) is 0 Å². The normalized spacial score (nSPS) is 21.5. The van der Waals surface area contributed by atoms with Gasteiger partial charge in [-0.15, -0.1) is 0 Å². The van der Waals surface area contributed by atoms with Gasteiger partial charge in [-0.3, -0.25) is 0 Å². The fourth-order valence-electron chi connectivity index (χ4n) is 0.451. The molecule has 0 bridgehead atoms. The molecule has 1 aliphatic heterocycles.